The van der Waals surface area contributed by atoms with Crippen LogP contribution in [0.15, 0.2) is 30.3 Å². The first-order chi connectivity index (χ1) is 12.1. The third-order valence-corrected chi connectivity index (χ3v) is 6.05. The summed E-state index contributed by atoms with van der Waals surface area (Å²) >= 11 is 12.2. The predicted molar refractivity (Wildman–Crippen MR) is 106 cm³/mol. The van der Waals surface area contributed by atoms with Crippen molar-refractivity contribution in [1.82, 2.24) is 14.5 Å². The minimum Gasteiger partial charge on any atom is -0.318 e. The van der Waals surface area contributed by atoms with Gasteiger partial charge in [0.05, 0.1) is 0 Å². The number of nitrogens with zero attached hydrogens (tertiary/aromatic N) is 3. The molecule has 3 nitrogen and oxygen atoms in total. The Morgan fingerprint density at radius 3 is 2.44 bits per heavy atom. The van der Waals surface area contributed by atoms with E-state index in [0.29, 0.717) is 10.3 Å². The van der Waals surface area contributed by atoms with Crippen molar-refractivity contribution in [2.45, 2.75) is 45.6 Å². The highest BCUT2D eigenvalue weighted by Gasteiger charge is 2.20. The van der Waals surface area contributed by atoms with Crippen LogP contribution < -0.4 is 0 Å². The van der Waals surface area contributed by atoms with Crippen molar-refractivity contribution in [3.05, 3.63) is 52.0 Å². The normalized spacial score (nSPS) is 16.4. The topological polar surface area (TPSA) is 21.1 Å². The molecule has 1 fully saturated rings. The molecule has 1 aromatic heterocycles. The summed E-state index contributed by atoms with van der Waals surface area (Å²) in [5, 5.41) is 1.00. The third kappa shape index (κ3) is 5.22. The fraction of sp³-hybridized carbons (Fsp3) is 0.550. The highest BCUT2D eigenvalue weighted by Crippen LogP contribution is 2.26. The van der Waals surface area contributed by atoms with E-state index in [-0.39, 0.29) is 0 Å². The van der Waals surface area contributed by atoms with E-state index in [4.69, 9.17) is 23.2 Å². The molecule has 3 rings (SSSR count). The first kappa shape index (κ1) is 18.8. The van der Waals surface area contributed by atoms with Gasteiger partial charge in [-0.3, -0.25) is 0 Å². The maximum absolute atomic E-state index is 6.22. The van der Waals surface area contributed by atoms with E-state index in [2.05, 4.69) is 40.2 Å². The number of aryl methyl sites for hydroxylation is 2. The second-order valence-corrected chi connectivity index (χ2v) is 7.77. The van der Waals surface area contributed by atoms with Crippen molar-refractivity contribution >= 4 is 23.2 Å². The Labute approximate surface area is 161 Å². The lowest BCUT2D eigenvalue weighted by Gasteiger charge is -2.32. The quantitative estimate of drug-likeness (QED) is 0.656. The van der Waals surface area contributed by atoms with Gasteiger partial charge in [0.2, 0.25) is 0 Å². The summed E-state index contributed by atoms with van der Waals surface area (Å²) < 4.78 is 2.04. The molecule has 0 amide bonds. The number of piperidine rings is 1. The van der Waals surface area contributed by atoms with E-state index in [1.807, 2.05) is 11.5 Å². The highest BCUT2D eigenvalue weighted by molar-refractivity contribution is 6.40. The monoisotopic (exact) mass is 379 g/mol. The van der Waals surface area contributed by atoms with Gasteiger partial charge in [-0.2, -0.15) is 0 Å². The van der Waals surface area contributed by atoms with Crippen LogP contribution in [0.4, 0.5) is 0 Å². The molecule has 1 aromatic carbocycles. The first-order valence-corrected chi connectivity index (χ1v) is 10.0. The van der Waals surface area contributed by atoms with E-state index < -0.39 is 0 Å². The van der Waals surface area contributed by atoms with Crippen molar-refractivity contribution in [3.63, 3.8) is 0 Å². The summed E-state index contributed by atoms with van der Waals surface area (Å²) in [6, 6.07) is 10.8. The molecular weight excluding hydrogens is 353 g/mol. The second-order valence-electron chi connectivity index (χ2n) is 7.06. The van der Waals surface area contributed by atoms with Crippen LogP contribution in [0.2, 0.25) is 10.3 Å². The molecule has 2 aromatic rings. The average Bonchev–Trinajstić information content (AvgIpc) is 2.87. The summed E-state index contributed by atoms with van der Waals surface area (Å²) in [7, 11) is 0. The second kappa shape index (κ2) is 9.07. The highest BCUT2D eigenvalue weighted by atomic mass is 35.5. The Morgan fingerprint density at radius 2 is 1.80 bits per heavy atom. The van der Waals surface area contributed by atoms with Gasteiger partial charge in [0, 0.05) is 6.54 Å². The van der Waals surface area contributed by atoms with Crippen LogP contribution in [-0.4, -0.2) is 34.1 Å². The summed E-state index contributed by atoms with van der Waals surface area (Å²) in [6.07, 6.45) is 6.15. The van der Waals surface area contributed by atoms with Crippen molar-refractivity contribution < 1.29 is 0 Å². The molecule has 0 aliphatic carbocycles. The lowest BCUT2D eigenvalue weighted by atomic mass is 9.93. The van der Waals surface area contributed by atoms with Crippen molar-refractivity contribution in [1.29, 1.82) is 0 Å². The van der Waals surface area contributed by atoms with Crippen LogP contribution in [0, 0.1) is 12.8 Å². The number of hydrogen-bond acceptors (Lipinski definition) is 2. The molecule has 0 radical (unpaired) electrons. The summed E-state index contributed by atoms with van der Waals surface area (Å²) in [6.45, 7) is 6.54. The van der Waals surface area contributed by atoms with Gasteiger partial charge in [0.15, 0.2) is 5.15 Å². The third-order valence-electron chi connectivity index (χ3n) is 5.31. The van der Waals surface area contributed by atoms with Crippen molar-refractivity contribution in [3.8, 4) is 0 Å². The number of likely N-dealkylation sites (tertiary alicyclic amines) is 1. The molecule has 136 valence electrons. The Kier molecular flexibility index (Phi) is 6.80. The lowest BCUT2D eigenvalue weighted by Crippen LogP contribution is -2.34. The number of halogens is 2. The maximum atomic E-state index is 6.22. The van der Waals surface area contributed by atoms with Gasteiger partial charge in [-0.05, 0) is 70.1 Å². The van der Waals surface area contributed by atoms with E-state index in [1.54, 1.807) is 0 Å². The first-order valence-electron chi connectivity index (χ1n) is 9.28. The van der Waals surface area contributed by atoms with Crippen LogP contribution in [0.1, 0.15) is 37.1 Å². The smallest absolute Gasteiger partial charge is 0.166 e. The van der Waals surface area contributed by atoms with Crippen LogP contribution in [0.5, 0.6) is 0 Å². The molecule has 2 heterocycles. The van der Waals surface area contributed by atoms with Crippen molar-refractivity contribution in [2.75, 3.05) is 19.6 Å². The van der Waals surface area contributed by atoms with E-state index in [0.717, 1.165) is 24.7 Å². The van der Waals surface area contributed by atoms with Gasteiger partial charge in [-0.15, -0.1) is 0 Å². The van der Waals surface area contributed by atoms with Gasteiger partial charge in [0.1, 0.15) is 11.0 Å². The molecule has 25 heavy (non-hydrogen) atoms. The van der Waals surface area contributed by atoms with Crippen LogP contribution >= 0.6 is 23.2 Å². The Bertz CT molecular complexity index is 661. The van der Waals surface area contributed by atoms with Crippen LogP contribution in [-0.2, 0) is 13.0 Å². The summed E-state index contributed by atoms with van der Waals surface area (Å²) in [5.74, 6) is 1.69. The molecule has 0 bridgehead atoms. The molecule has 5 heteroatoms. The zero-order valence-electron chi connectivity index (χ0n) is 14.9. The van der Waals surface area contributed by atoms with Crippen LogP contribution in [0.3, 0.4) is 0 Å². The summed E-state index contributed by atoms with van der Waals surface area (Å²) in [5.41, 5.74) is 1.45. The Morgan fingerprint density at radius 1 is 1.08 bits per heavy atom. The molecule has 0 saturated carbocycles. The van der Waals surface area contributed by atoms with E-state index >= 15 is 0 Å². The molecule has 1 saturated heterocycles. The van der Waals surface area contributed by atoms with Gasteiger partial charge in [-0.25, -0.2) is 4.98 Å². The largest absolute Gasteiger partial charge is 0.318 e. The van der Waals surface area contributed by atoms with Gasteiger partial charge in [-0.1, -0.05) is 53.5 Å². The maximum Gasteiger partial charge on any atom is 0.166 e. The van der Waals surface area contributed by atoms with E-state index in [9.17, 15) is 0 Å². The SMILES string of the molecule is Cc1nc(Cl)c(Cl)n1CCC1CCN(CCCc2ccccc2)CC1. The Hall–Kier alpha value is -1.03. The predicted octanol–water partition coefficient (Wildman–Crippen LogP) is 5.23. The van der Waals surface area contributed by atoms with Gasteiger partial charge < -0.3 is 9.47 Å². The van der Waals surface area contributed by atoms with Crippen LogP contribution in [0.25, 0.3) is 0 Å². The van der Waals surface area contributed by atoms with Crippen molar-refractivity contribution in [2.24, 2.45) is 5.92 Å². The number of benzene rings is 1. The Balaban J connectivity index is 1.36. The standard InChI is InChI=1S/C20H27Cl2N3/c1-16-23-19(21)20(22)25(16)15-11-18-9-13-24(14-10-18)12-5-8-17-6-3-2-4-7-17/h2-4,6-7,18H,5,8-15H2,1H3. The number of rotatable bonds is 7. The fourth-order valence-electron chi connectivity index (χ4n) is 3.72. The average molecular weight is 380 g/mol. The number of imidazole rings is 1. The van der Waals surface area contributed by atoms with E-state index in [1.165, 1.54) is 50.9 Å². The minimum atomic E-state index is 0.424. The molecule has 0 N–H and O–H groups in total. The molecule has 0 spiro atoms. The zero-order chi connectivity index (χ0) is 17.6. The lowest BCUT2D eigenvalue weighted by molar-refractivity contribution is 0.174. The van der Waals surface area contributed by atoms with Gasteiger partial charge in [0.25, 0.3) is 0 Å². The zero-order valence-corrected chi connectivity index (χ0v) is 16.4. The number of hydrogen-bond donors (Lipinski definition) is 0. The molecule has 1 aliphatic rings. The summed E-state index contributed by atoms with van der Waals surface area (Å²) in [4.78, 5) is 6.85. The van der Waals surface area contributed by atoms with Gasteiger partial charge >= 0.3 is 0 Å². The molecule has 0 atom stereocenters. The number of aromatic nitrogens is 2. The minimum absolute atomic E-state index is 0.424. The fourth-order valence-corrected chi connectivity index (χ4v) is 4.20. The molecule has 0 unspecified atom stereocenters. The molecule has 1 aliphatic heterocycles. The molecular formula is C20H27Cl2N3.